The highest BCUT2D eigenvalue weighted by molar-refractivity contribution is 5.97. The van der Waals surface area contributed by atoms with Crippen LogP contribution in [0.3, 0.4) is 0 Å². The first-order chi connectivity index (χ1) is 17.7. The van der Waals surface area contributed by atoms with Gasteiger partial charge < -0.3 is 10.2 Å². The van der Waals surface area contributed by atoms with Crippen molar-refractivity contribution in [2.24, 2.45) is 0 Å². The first-order valence-electron chi connectivity index (χ1n) is 12.3. The molecular weight excluding hydrogens is 440 g/mol. The van der Waals surface area contributed by atoms with Crippen molar-refractivity contribution in [3.05, 3.63) is 155 Å². The molecule has 6 aromatic rings. The van der Waals surface area contributed by atoms with Crippen molar-refractivity contribution in [1.82, 2.24) is 0 Å². The lowest BCUT2D eigenvalue weighted by Gasteiger charge is -2.43. The fraction of sp³-hybridized carbons (Fsp3) is 0.0588. The summed E-state index contributed by atoms with van der Waals surface area (Å²) in [6.45, 7) is 0. The molecule has 7 rings (SSSR count). The van der Waals surface area contributed by atoms with E-state index >= 15 is 0 Å². The van der Waals surface area contributed by atoms with E-state index in [1.807, 2.05) is 36.4 Å². The number of fused-ring (bicyclic) bond motifs is 4. The van der Waals surface area contributed by atoms with Crippen LogP contribution in [0, 0.1) is 0 Å². The summed E-state index contributed by atoms with van der Waals surface area (Å²) in [5, 5.41) is 27.5. The van der Waals surface area contributed by atoms with Gasteiger partial charge in [0, 0.05) is 11.1 Å². The van der Waals surface area contributed by atoms with Crippen molar-refractivity contribution in [3.8, 4) is 11.5 Å². The second kappa shape index (κ2) is 7.73. The molecule has 0 unspecified atom stereocenters. The standard InChI is InChI=1S/C34H24O2/c35-30-19-17-22-9-1-5-13-26(22)32(30)34(33-27-14-6-2-10-23(27)18-20-31(33)36)28-15-7-3-11-24(28)21-25-12-4-8-16-29(25)34/h1-20,35-36H,21H2. The van der Waals surface area contributed by atoms with E-state index in [1.54, 1.807) is 12.1 Å². The molecule has 6 aromatic carbocycles. The van der Waals surface area contributed by atoms with Crippen molar-refractivity contribution < 1.29 is 10.2 Å². The van der Waals surface area contributed by atoms with E-state index in [1.165, 1.54) is 11.1 Å². The molecule has 0 aromatic heterocycles. The Morgan fingerprint density at radius 1 is 0.444 bits per heavy atom. The van der Waals surface area contributed by atoms with Crippen LogP contribution >= 0.6 is 0 Å². The number of rotatable bonds is 2. The molecule has 0 aliphatic heterocycles. The zero-order valence-electron chi connectivity index (χ0n) is 19.6. The normalized spacial score (nSPS) is 13.9. The molecule has 0 saturated carbocycles. The molecule has 2 N–H and O–H groups in total. The van der Waals surface area contributed by atoms with Gasteiger partial charge in [0.2, 0.25) is 0 Å². The van der Waals surface area contributed by atoms with Gasteiger partial charge in [-0.25, -0.2) is 0 Å². The number of benzene rings is 6. The Labute approximate surface area is 209 Å². The molecule has 0 spiro atoms. The zero-order chi connectivity index (χ0) is 24.3. The minimum absolute atomic E-state index is 0.215. The number of aromatic hydroxyl groups is 2. The summed E-state index contributed by atoms with van der Waals surface area (Å²) in [5.41, 5.74) is 5.22. The molecule has 0 heterocycles. The lowest BCUT2D eigenvalue weighted by Crippen LogP contribution is -2.36. The molecule has 0 bridgehead atoms. The van der Waals surface area contributed by atoms with Gasteiger partial charge in [0.1, 0.15) is 11.5 Å². The van der Waals surface area contributed by atoms with E-state index in [4.69, 9.17) is 0 Å². The zero-order valence-corrected chi connectivity index (χ0v) is 19.6. The molecule has 36 heavy (non-hydrogen) atoms. The topological polar surface area (TPSA) is 40.5 Å². The van der Waals surface area contributed by atoms with Crippen LogP contribution in [0.25, 0.3) is 21.5 Å². The summed E-state index contributed by atoms with van der Waals surface area (Å²) in [5.74, 6) is 0.431. The maximum absolute atomic E-state index is 11.7. The largest absolute Gasteiger partial charge is 0.508 e. The van der Waals surface area contributed by atoms with Gasteiger partial charge in [-0.15, -0.1) is 0 Å². The van der Waals surface area contributed by atoms with Crippen LogP contribution in [-0.4, -0.2) is 10.2 Å². The second-order valence-electron chi connectivity index (χ2n) is 9.60. The van der Waals surface area contributed by atoms with E-state index < -0.39 is 5.41 Å². The van der Waals surface area contributed by atoms with Gasteiger partial charge in [0.15, 0.2) is 0 Å². The maximum atomic E-state index is 11.7. The Balaban J connectivity index is 1.81. The van der Waals surface area contributed by atoms with Crippen LogP contribution in [0.1, 0.15) is 33.4 Å². The fourth-order valence-corrected chi connectivity index (χ4v) is 6.40. The third-order valence-electron chi connectivity index (χ3n) is 7.79. The number of hydrogen-bond acceptors (Lipinski definition) is 2. The molecule has 1 aliphatic carbocycles. The summed E-state index contributed by atoms with van der Waals surface area (Å²) < 4.78 is 0. The highest BCUT2D eigenvalue weighted by Gasteiger charge is 2.48. The van der Waals surface area contributed by atoms with Crippen LogP contribution in [0.15, 0.2) is 121 Å². The van der Waals surface area contributed by atoms with Gasteiger partial charge in [-0.1, -0.05) is 109 Å². The SMILES string of the molecule is Oc1ccc2ccccc2c1C1(c2c(O)ccc3ccccc23)c2ccccc2Cc2ccccc21. The minimum atomic E-state index is -0.929. The average Bonchev–Trinajstić information content (AvgIpc) is 2.92. The van der Waals surface area contributed by atoms with Gasteiger partial charge in [0.05, 0.1) is 5.41 Å². The molecule has 0 saturated heterocycles. The maximum Gasteiger partial charge on any atom is 0.121 e. The number of hydrogen-bond donors (Lipinski definition) is 2. The summed E-state index contributed by atoms with van der Waals surface area (Å²) >= 11 is 0. The molecule has 2 heteroatoms. The molecule has 172 valence electrons. The fourth-order valence-electron chi connectivity index (χ4n) is 6.40. The molecule has 0 fully saturated rings. The third kappa shape index (κ3) is 2.73. The monoisotopic (exact) mass is 464 g/mol. The Morgan fingerprint density at radius 2 is 0.861 bits per heavy atom. The Bertz CT molecular complexity index is 1660. The van der Waals surface area contributed by atoms with E-state index in [-0.39, 0.29) is 11.5 Å². The van der Waals surface area contributed by atoms with Crippen molar-refractivity contribution in [2.45, 2.75) is 11.8 Å². The molecule has 0 radical (unpaired) electrons. The van der Waals surface area contributed by atoms with E-state index in [0.29, 0.717) is 0 Å². The minimum Gasteiger partial charge on any atom is -0.508 e. The Morgan fingerprint density at radius 3 is 1.36 bits per heavy atom. The highest BCUT2D eigenvalue weighted by atomic mass is 16.3. The Hall–Kier alpha value is -4.56. The van der Waals surface area contributed by atoms with Crippen LogP contribution in [-0.2, 0) is 11.8 Å². The van der Waals surface area contributed by atoms with Crippen molar-refractivity contribution in [1.29, 1.82) is 0 Å². The van der Waals surface area contributed by atoms with Crippen molar-refractivity contribution >= 4 is 21.5 Å². The van der Waals surface area contributed by atoms with E-state index in [0.717, 1.165) is 50.2 Å². The van der Waals surface area contributed by atoms with Gasteiger partial charge in [0.25, 0.3) is 0 Å². The molecule has 0 amide bonds. The smallest absolute Gasteiger partial charge is 0.121 e. The van der Waals surface area contributed by atoms with E-state index in [2.05, 4.69) is 72.8 Å². The molecular formula is C34H24O2. The average molecular weight is 465 g/mol. The van der Waals surface area contributed by atoms with Crippen molar-refractivity contribution in [2.75, 3.05) is 0 Å². The predicted octanol–water partition coefficient (Wildman–Crippen LogP) is 7.69. The first-order valence-corrected chi connectivity index (χ1v) is 12.3. The van der Waals surface area contributed by atoms with Crippen LogP contribution in [0.5, 0.6) is 11.5 Å². The lowest BCUT2D eigenvalue weighted by atomic mass is 9.58. The van der Waals surface area contributed by atoms with Gasteiger partial charge in [-0.3, -0.25) is 0 Å². The quantitative estimate of drug-likeness (QED) is 0.275. The Kier molecular flexibility index (Phi) is 4.46. The first kappa shape index (κ1) is 20.8. The molecule has 2 nitrogen and oxygen atoms in total. The summed E-state index contributed by atoms with van der Waals surface area (Å²) in [6.07, 6.45) is 0.797. The summed E-state index contributed by atoms with van der Waals surface area (Å²) in [7, 11) is 0. The number of phenols is 2. The summed E-state index contributed by atoms with van der Waals surface area (Å²) in [4.78, 5) is 0. The van der Waals surface area contributed by atoms with E-state index in [9.17, 15) is 10.2 Å². The third-order valence-corrected chi connectivity index (χ3v) is 7.79. The van der Waals surface area contributed by atoms with Gasteiger partial charge in [-0.05, 0) is 62.4 Å². The van der Waals surface area contributed by atoms with Crippen LogP contribution < -0.4 is 0 Å². The second-order valence-corrected chi connectivity index (χ2v) is 9.60. The van der Waals surface area contributed by atoms with Gasteiger partial charge >= 0.3 is 0 Å². The highest BCUT2D eigenvalue weighted by Crippen LogP contribution is 2.57. The molecule has 1 aliphatic rings. The summed E-state index contributed by atoms with van der Waals surface area (Å²) in [6, 6.07) is 40.8. The van der Waals surface area contributed by atoms with Crippen LogP contribution in [0.2, 0.25) is 0 Å². The molecule has 0 atom stereocenters. The lowest BCUT2D eigenvalue weighted by molar-refractivity contribution is 0.448. The number of phenolic OH excluding ortho intramolecular Hbond substituents is 2. The van der Waals surface area contributed by atoms with Gasteiger partial charge in [-0.2, -0.15) is 0 Å². The van der Waals surface area contributed by atoms with Crippen LogP contribution in [0.4, 0.5) is 0 Å². The predicted molar refractivity (Wildman–Crippen MR) is 146 cm³/mol. The van der Waals surface area contributed by atoms with Crippen molar-refractivity contribution in [3.63, 3.8) is 0 Å².